The number of benzene rings is 2. The van der Waals surface area contributed by atoms with E-state index in [0.717, 1.165) is 16.9 Å². The molecule has 0 aromatic heterocycles. The SMILES string of the molecule is CCOC(=O)C(CCOCc1ccc(OC)cc1)Cc1ccc(F)cc1. The van der Waals surface area contributed by atoms with Crippen LogP contribution in [0.1, 0.15) is 24.5 Å². The minimum atomic E-state index is -0.309. The van der Waals surface area contributed by atoms with Crippen molar-refractivity contribution in [3.05, 3.63) is 65.5 Å². The average Bonchev–Trinajstić information content (AvgIpc) is 2.66. The van der Waals surface area contributed by atoms with Gasteiger partial charge in [0.1, 0.15) is 11.6 Å². The Morgan fingerprint density at radius 1 is 1.04 bits per heavy atom. The van der Waals surface area contributed by atoms with Crippen molar-refractivity contribution in [3.8, 4) is 5.75 Å². The van der Waals surface area contributed by atoms with Crippen molar-refractivity contribution < 1.29 is 23.4 Å². The fraction of sp³-hybridized carbons (Fsp3) is 0.381. The summed E-state index contributed by atoms with van der Waals surface area (Å²) in [4.78, 5) is 12.2. The Balaban J connectivity index is 1.85. The molecule has 0 amide bonds. The van der Waals surface area contributed by atoms with Crippen LogP contribution in [0.2, 0.25) is 0 Å². The molecule has 0 saturated carbocycles. The van der Waals surface area contributed by atoms with Gasteiger partial charge in [0.25, 0.3) is 0 Å². The molecule has 0 N–H and O–H groups in total. The van der Waals surface area contributed by atoms with Crippen LogP contribution in [-0.2, 0) is 27.3 Å². The quantitative estimate of drug-likeness (QED) is 0.471. The lowest BCUT2D eigenvalue weighted by Crippen LogP contribution is -2.22. The van der Waals surface area contributed by atoms with Gasteiger partial charge in [-0.3, -0.25) is 4.79 Å². The maximum absolute atomic E-state index is 13.0. The second-order valence-corrected chi connectivity index (χ2v) is 5.97. The van der Waals surface area contributed by atoms with Gasteiger partial charge in [-0.05, 0) is 55.2 Å². The van der Waals surface area contributed by atoms with Crippen LogP contribution in [-0.4, -0.2) is 26.3 Å². The number of hydrogen-bond donors (Lipinski definition) is 0. The number of rotatable bonds is 10. The van der Waals surface area contributed by atoms with Crippen molar-refractivity contribution in [2.45, 2.75) is 26.4 Å². The lowest BCUT2D eigenvalue weighted by Gasteiger charge is -2.16. The zero-order valence-electron chi connectivity index (χ0n) is 15.2. The number of carbonyl (C=O) groups is 1. The molecule has 0 aliphatic heterocycles. The molecule has 0 aliphatic carbocycles. The second kappa shape index (κ2) is 10.6. The maximum atomic E-state index is 13.0. The summed E-state index contributed by atoms with van der Waals surface area (Å²) >= 11 is 0. The number of hydrogen-bond acceptors (Lipinski definition) is 4. The molecule has 0 radical (unpaired) electrons. The minimum Gasteiger partial charge on any atom is -0.497 e. The van der Waals surface area contributed by atoms with E-state index >= 15 is 0 Å². The monoisotopic (exact) mass is 360 g/mol. The largest absolute Gasteiger partial charge is 0.497 e. The molecule has 26 heavy (non-hydrogen) atoms. The molecule has 0 aliphatic rings. The predicted molar refractivity (Wildman–Crippen MR) is 97.5 cm³/mol. The molecule has 0 bridgehead atoms. The molecule has 0 heterocycles. The molecule has 0 spiro atoms. The van der Waals surface area contributed by atoms with Crippen LogP contribution in [0.3, 0.4) is 0 Å². The van der Waals surface area contributed by atoms with Crippen molar-refractivity contribution in [2.75, 3.05) is 20.3 Å². The molecule has 140 valence electrons. The van der Waals surface area contributed by atoms with Crippen molar-refractivity contribution >= 4 is 5.97 Å². The molecule has 4 nitrogen and oxygen atoms in total. The van der Waals surface area contributed by atoms with E-state index in [-0.39, 0.29) is 17.7 Å². The third-order valence-corrected chi connectivity index (χ3v) is 4.05. The van der Waals surface area contributed by atoms with Crippen LogP contribution < -0.4 is 4.74 Å². The summed E-state index contributed by atoms with van der Waals surface area (Å²) in [5, 5.41) is 0. The van der Waals surface area contributed by atoms with Crippen molar-refractivity contribution in [2.24, 2.45) is 5.92 Å². The predicted octanol–water partition coefficient (Wildman–Crippen LogP) is 4.16. The van der Waals surface area contributed by atoms with Crippen LogP contribution in [0.15, 0.2) is 48.5 Å². The summed E-state index contributed by atoms with van der Waals surface area (Å²) in [5.41, 5.74) is 1.94. The number of esters is 1. The maximum Gasteiger partial charge on any atom is 0.309 e. The van der Waals surface area contributed by atoms with Crippen molar-refractivity contribution in [3.63, 3.8) is 0 Å². The standard InChI is InChI=1S/C21H25FO4/c1-3-26-21(23)18(14-16-4-8-19(22)9-5-16)12-13-25-15-17-6-10-20(24-2)11-7-17/h4-11,18H,3,12-15H2,1-2H3. The zero-order valence-corrected chi connectivity index (χ0v) is 15.2. The Hall–Kier alpha value is -2.40. The smallest absolute Gasteiger partial charge is 0.309 e. The van der Waals surface area contributed by atoms with Gasteiger partial charge in [-0.2, -0.15) is 0 Å². The highest BCUT2D eigenvalue weighted by atomic mass is 19.1. The molecule has 1 atom stereocenters. The van der Waals surface area contributed by atoms with Gasteiger partial charge >= 0.3 is 5.97 Å². The Bertz CT molecular complexity index is 667. The van der Waals surface area contributed by atoms with E-state index in [0.29, 0.717) is 32.7 Å². The third kappa shape index (κ3) is 6.48. The zero-order chi connectivity index (χ0) is 18.8. The third-order valence-electron chi connectivity index (χ3n) is 4.05. The van der Waals surface area contributed by atoms with Gasteiger partial charge < -0.3 is 14.2 Å². The highest BCUT2D eigenvalue weighted by molar-refractivity contribution is 5.72. The number of ether oxygens (including phenoxy) is 3. The highest BCUT2D eigenvalue weighted by Crippen LogP contribution is 2.16. The Morgan fingerprint density at radius 2 is 1.69 bits per heavy atom. The van der Waals surface area contributed by atoms with Gasteiger partial charge in [-0.1, -0.05) is 24.3 Å². The van der Waals surface area contributed by atoms with Gasteiger partial charge in [0, 0.05) is 6.61 Å². The molecule has 1 unspecified atom stereocenters. The molecule has 2 rings (SSSR count). The number of carbonyl (C=O) groups excluding carboxylic acids is 1. The van der Waals surface area contributed by atoms with E-state index in [9.17, 15) is 9.18 Å². The first-order valence-electron chi connectivity index (χ1n) is 8.74. The highest BCUT2D eigenvalue weighted by Gasteiger charge is 2.20. The first-order valence-corrected chi connectivity index (χ1v) is 8.74. The molecular formula is C21H25FO4. The van der Waals surface area contributed by atoms with Crippen LogP contribution >= 0.6 is 0 Å². The summed E-state index contributed by atoms with van der Waals surface area (Å²) in [5.74, 6) is -0.0409. The van der Waals surface area contributed by atoms with E-state index < -0.39 is 0 Å². The number of methoxy groups -OCH3 is 1. The molecule has 0 fully saturated rings. The van der Waals surface area contributed by atoms with Gasteiger partial charge in [-0.15, -0.1) is 0 Å². The lowest BCUT2D eigenvalue weighted by molar-refractivity contribution is -0.148. The first-order chi connectivity index (χ1) is 12.6. The van der Waals surface area contributed by atoms with Crippen LogP contribution in [0.25, 0.3) is 0 Å². The van der Waals surface area contributed by atoms with Gasteiger partial charge in [0.15, 0.2) is 0 Å². The van der Waals surface area contributed by atoms with Crippen LogP contribution in [0, 0.1) is 11.7 Å². The van der Waals surface area contributed by atoms with Crippen molar-refractivity contribution in [1.29, 1.82) is 0 Å². The van der Waals surface area contributed by atoms with E-state index in [1.807, 2.05) is 24.3 Å². The summed E-state index contributed by atoms with van der Waals surface area (Å²) in [6.45, 7) is 3.03. The van der Waals surface area contributed by atoms with Crippen molar-refractivity contribution in [1.82, 2.24) is 0 Å². The Labute approximate surface area is 153 Å². The topological polar surface area (TPSA) is 44.8 Å². The summed E-state index contributed by atoms with van der Waals surface area (Å²) in [7, 11) is 1.63. The average molecular weight is 360 g/mol. The van der Waals surface area contributed by atoms with Crippen LogP contribution in [0.4, 0.5) is 4.39 Å². The molecule has 2 aromatic rings. The van der Waals surface area contributed by atoms with E-state index in [2.05, 4.69) is 0 Å². The Kier molecular flexibility index (Phi) is 8.09. The van der Waals surface area contributed by atoms with Gasteiger partial charge in [0.2, 0.25) is 0 Å². The van der Waals surface area contributed by atoms with E-state index in [4.69, 9.17) is 14.2 Å². The van der Waals surface area contributed by atoms with Gasteiger partial charge in [-0.25, -0.2) is 4.39 Å². The fourth-order valence-corrected chi connectivity index (χ4v) is 2.61. The van der Waals surface area contributed by atoms with E-state index in [1.54, 1.807) is 26.2 Å². The van der Waals surface area contributed by atoms with Crippen LogP contribution in [0.5, 0.6) is 5.75 Å². The second-order valence-electron chi connectivity index (χ2n) is 5.97. The Morgan fingerprint density at radius 3 is 2.31 bits per heavy atom. The summed E-state index contributed by atoms with van der Waals surface area (Å²) < 4.78 is 29.0. The fourth-order valence-electron chi connectivity index (χ4n) is 2.61. The summed E-state index contributed by atoms with van der Waals surface area (Å²) in [6.07, 6.45) is 1.05. The molecule has 5 heteroatoms. The summed E-state index contributed by atoms with van der Waals surface area (Å²) in [6, 6.07) is 13.8. The molecular weight excluding hydrogens is 335 g/mol. The molecule has 0 saturated heterocycles. The van der Waals surface area contributed by atoms with E-state index in [1.165, 1.54) is 12.1 Å². The lowest BCUT2D eigenvalue weighted by atomic mass is 9.96. The first kappa shape index (κ1) is 19.9. The molecule has 2 aromatic carbocycles. The minimum absolute atomic E-state index is 0.245. The normalized spacial score (nSPS) is 11.8. The number of halogens is 1. The van der Waals surface area contributed by atoms with Gasteiger partial charge in [0.05, 0.1) is 26.2 Å².